The van der Waals surface area contributed by atoms with Crippen molar-refractivity contribution >= 4 is 27.5 Å². The molecule has 2 atom stereocenters. The maximum atomic E-state index is 13.4. The lowest BCUT2D eigenvalue weighted by molar-refractivity contribution is -0.137. The molecule has 0 bridgehead atoms. The van der Waals surface area contributed by atoms with E-state index in [4.69, 9.17) is 4.74 Å². The predicted octanol–water partition coefficient (Wildman–Crippen LogP) is 2.13. The SMILES string of the molecule is Cc1cc2c(cc1S(=O)(=O)N1CCC[C@@H](C(=O)N3CCCCC3)C1)O[C@@H](C)C(=O)N2. The summed E-state index contributed by atoms with van der Waals surface area (Å²) in [6, 6.07) is 3.12. The number of piperidine rings is 2. The van der Waals surface area contributed by atoms with E-state index in [0.29, 0.717) is 30.0 Å². The number of sulfonamides is 1. The minimum atomic E-state index is -3.78. The van der Waals surface area contributed by atoms with Crippen LogP contribution >= 0.6 is 0 Å². The standard InChI is InChI=1S/C21H29N3O5S/c1-14-11-17-18(29-15(2)20(25)22-17)12-19(14)30(27,28)24-10-6-7-16(13-24)21(26)23-8-4-3-5-9-23/h11-12,15-16H,3-10,13H2,1-2H3,(H,22,25)/t15-,16+/m0/s1. The number of carbonyl (C=O) groups excluding carboxylic acids is 2. The summed E-state index contributed by atoms with van der Waals surface area (Å²) >= 11 is 0. The Labute approximate surface area is 177 Å². The topological polar surface area (TPSA) is 96.0 Å². The molecule has 2 amide bonds. The van der Waals surface area contributed by atoms with E-state index in [2.05, 4.69) is 5.32 Å². The number of amides is 2. The first-order valence-corrected chi connectivity index (χ1v) is 12.1. The zero-order chi connectivity index (χ0) is 21.5. The first-order chi connectivity index (χ1) is 14.3. The third-order valence-electron chi connectivity index (χ3n) is 6.23. The Hall–Kier alpha value is -2.13. The molecule has 0 spiro atoms. The van der Waals surface area contributed by atoms with Gasteiger partial charge in [0.25, 0.3) is 5.91 Å². The van der Waals surface area contributed by atoms with Gasteiger partial charge in [0.05, 0.1) is 16.5 Å². The Balaban J connectivity index is 1.56. The third kappa shape index (κ3) is 3.92. The minimum Gasteiger partial charge on any atom is -0.479 e. The number of hydrogen-bond donors (Lipinski definition) is 1. The highest BCUT2D eigenvalue weighted by molar-refractivity contribution is 7.89. The average molecular weight is 436 g/mol. The molecule has 0 saturated carbocycles. The first-order valence-electron chi connectivity index (χ1n) is 10.7. The van der Waals surface area contributed by atoms with E-state index in [1.807, 2.05) is 4.90 Å². The molecular weight excluding hydrogens is 406 g/mol. The van der Waals surface area contributed by atoms with Gasteiger partial charge >= 0.3 is 0 Å². The van der Waals surface area contributed by atoms with Crippen molar-refractivity contribution < 1.29 is 22.7 Å². The maximum absolute atomic E-state index is 13.4. The van der Waals surface area contributed by atoms with E-state index in [-0.39, 0.29) is 29.2 Å². The highest BCUT2D eigenvalue weighted by Crippen LogP contribution is 2.36. The summed E-state index contributed by atoms with van der Waals surface area (Å²) in [6.07, 6.45) is 3.88. The zero-order valence-corrected chi connectivity index (χ0v) is 18.3. The lowest BCUT2D eigenvalue weighted by Crippen LogP contribution is -2.48. The van der Waals surface area contributed by atoms with Gasteiger partial charge in [-0.1, -0.05) is 0 Å². The smallest absolute Gasteiger partial charge is 0.265 e. The van der Waals surface area contributed by atoms with Gasteiger partial charge in [0.1, 0.15) is 5.75 Å². The van der Waals surface area contributed by atoms with Crippen molar-refractivity contribution in [1.29, 1.82) is 0 Å². The van der Waals surface area contributed by atoms with E-state index in [1.165, 1.54) is 10.4 Å². The number of benzene rings is 1. The van der Waals surface area contributed by atoms with Crippen LogP contribution in [-0.2, 0) is 19.6 Å². The molecule has 0 unspecified atom stereocenters. The summed E-state index contributed by atoms with van der Waals surface area (Å²) in [5, 5.41) is 2.74. The number of ether oxygens (including phenoxy) is 1. The van der Waals surface area contributed by atoms with Crippen LogP contribution < -0.4 is 10.1 Å². The number of nitrogens with one attached hydrogen (secondary N) is 1. The van der Waals surface area contributed by atoms with Gasteiger partial charge in [-0.3, -0.25) is 9.59 Å². The van der Waals surface area contributed by atoms with E-state index >= 15 is 0 Å². The summed E-state index contributed by atoms with van der Waals surface area (Å²) in [5.74, 6) is -0.117. The summed E-state index contributed by atoms with van der Waals surface area (Å²) < 4.78 is 33.9. The normalized spacial score (nSPS) is 25.3. The highest BCUT2D eigenvalue weighted by atomic mass is 32.2. The lowest BCUT2D eigenvalue weighted by Gasteiger charge is -2.36. The van der Waals surface area contributed by atoms with Gasteiger partial charge in [0.15, 0.2) is 6.10 Å². The number of fused-ring (bicyclic) bond motifs is 1. The summed E-state index contributed by atoms with van der Waals surface area (Å²) in [6.45, 7) is 5.48. The van der Waals surface area contributed by atoms with Crippen molar-refractivity contribution in [2.75, 3.05) is 31.5 Å². The lowest BCUT2D eigenvalue weighted by atomic mass is 9.97. The van der Waals surface area contributed by atoms with E-state index in [0.717, 1.165) is 38.8 Å². The largest absolute Gasteiger partial charge is 0.479 e. The summed E-state index contributed by atoms with van der Waals surface area (Å²) in [5.41, 5.74) is 1.02. The number of likely N-dealkylation sites (tertiary alicyclic amines) is 1. The molecule has 2 saturated heterocycles. The number of aryl methyl sites for hydroxylation is 1. The maximum Gasteiger partial charge on any atom is 0.265 e. The van der Waals surface area contributed by atoms with Crippen molar-refractivity contribution in [3.05, 3.63) is 17.7 Å². The van der Waals surface area contributed by atoms with Crippen molar-refractivity contribution in [2.45, 2.75) is 57.0 Å². The fourth-order valence-electron chi connectivity index (χ4n) is 4.49. The Morgan fingerprint density at radius 2 is 1.87 bits per heavy atom. The molecule has 1 N–H and O–H groups in total. The van der Waals surface area contributed by atoms with Crippen LogP contribution in [-0.4, -0.2) is 61.7 Å². The molecule has 2 fully saturated rings. The highest BCUT2D eigenvalue weighted by Gasteiger charge is 2.37. The molecule has 3 aliphatic heterocycles. The van der Waals surface area contributed by atoms with Gasteiger partial charge in [0.2, 0.25) is 15.9 Å². The second-order valence-electron chi connectivity index (χ2n) is 8.45. The Morgan fingerprint density at radius 3 is 2.60 bits per heavy atom. The van der Waals surface area contributed by atoms with Crippen LogP contribution in [0, 0.1) is 12.8 Å². The predicted molar refractivity (Wildman–Crippen MR) is 112 cm³/mol. The van der Waals surface area contributed by atoms with Crippen molar-refractivity contribution in [3.8, 4) is 5.75 Å². The van der Waals surface area contributed by atoms with Gasteiger partial charge in [-0.2, -0.15) is 4.31 Å². The van der Waals surface area contributed by atoms with E-state index in [1.54, 1.807) is 19.9 Å². The quantitative estimate of drug-likeness (QED) is 0.785. The van der Waals surface area contributed by atoms with Gasteiger partial charge in [-0.15, -0.1) is 0 Å². The molecule has 4 rings (SSSR count). The van der Waals surface area contributed by atoms with Crippen LogP contribution in [0.3, 0.4) is 0 Å². The molecule has 164 valence electrons. The molecule has 1 aromatic carbocycles. The Kier molecular flexibility index (Phi) is 5.76. The number of rotatable bonds is 3. The molecule has 1 aromatic rings. The van der Waals surface area contributed by atoms with Crippen molar-refractivity contribution in [1.82, 2.24) is 9.21 Å². The van der Waals surface area contributed by atoms with Crippen LogP contribution in [0.2, 0.25) is 0 Å². The van der Waals surface area contributed by atoms with Crippen molar-refractivity contribution in [3.63, 3.8) is 0 Å². The summed E-state index contributed by atoms with van der Waals surface area (Å²) in [4.78, 5) is 26.8. The van der Waals surface area contributed by atoms with Gasteiger partial charge < -0.3 is 15.0 Å². The molecule has 30 heavy (non-hydrogen) atoms. The third-order valence-corrected chi connectivity index (χ3v) is 8.23. The molecule has 0 aromatic heterocycles. The molecular formula is C21H29N3O5S. The van der Waals surface area contributed by atoms with Crippen LogP contribution in [0.15, 0.2) is 17.0 Å². The fourth-order valence-corrected chi connectivity index (χ4v) is 6.24. The Morgan fingerprint density at radius 1 is 1.13 bits per heavy atom. The molecule has 8 nitrogen and oxygen atoms in total. The molecule has 0 aliphatic carbocycles. The number of nitrogens with zero attached hydrogens (tertiary/aromatic N) is 2. The number of carbonyl (C=O) groups is 2. The molecule has 9 heteroatoms. The zero-order valence-electron chi connectivity index (χ0n) is 17.5. The van der Waals surface area contributed by atoms with Crippen LogP contribution in [0.1, 0.15) is 44.6 Å². The second kappa shape index (κ2) is 8.19. The van der Waals surface area contributed by atoms with E-state index in [9.17, 15) is 18.0 Å². The van der Waals surface area contributed by atoms with Crippen LogP contribution in [0.4, 0.5) is 5.69 Å². The van der Waals surface area contributed by atoms with Crippen molar-refractivity contribution in [2.24, 2.45) is 5.92 Å². The Bertz CT molecular complexity index is 956. The number of hydrogen-bond acceptors (Lipinski definition) is 5. The van der Waals surface area contributed by atoms with Gasteiger partial charge in [0, 0.05) is 32.2 Å². The average Bonchev–Trinajstić information content (AvgIpc) is 2.74. The summed E-state index contributed by atoms with van der Waals surface area (Å²) in [7, 11) is -3.78. The number of anilines is 1. The van der Waals surface area contributed by atoms with E-state index < -0.39 is 16.1 Å². The van der Waals surface area contributed by atoms with Gasteiger partial charge in [-0.05, 0) is 57.6 Å². The first kappa shape index (κ1) is 21.1. The minimum absolute atomic E-state index is 0.0802. The molecule has 0 radical (unpaired) electrons. The molecule has 3 aliphatic rings. The monoisotopic (exact) mass is 435 g/mol. The van der Waals surface area contributed by atoms with Crippen LogP contribution in [0.5, 0.6) is 5.75 Å². The second-order valence-corrected chi connectivity index (χ2v) is 10.4. The van der Waals surface area contributed by atoms with Gasteiger partial charge in [-0.25, -0.2) is 8.42 Å². The van der Waals surface area contributed by atoms with Crippen LogP contribution in [0.25, 0.3) is 0 Å². The fraction of sp³-hybridized carbons (Fsp3) is 0.619. The molecule has 3 heterocycles.